The van der Waals surface area contributed by atoms with Crippen LogP contribution in [0.1, 0.15) is 10.4 Å². The molecule has 4 nitrogen and oxygen atoms in total. The molecule has 1 aromatic rings. The van der Waals surface area contributed by atoms with Crippen molar-refractivity contribution in [3.8, 4) is 0 Å². The molecule has 0 spiro atoms. The van der Waals surface area contributed by atoms with Gasteiger partial charge in [-0.2, -0.15) is 0 Å². The summed E-state index contributed by atoms with van der Waals surface area (Å²) in [6, 6.07) is 3.93. The van der Waals surface area contributed by atoms with Crippen molar-refractivity contribution in [1.82, 2.24) is 4.90 Å². The third kappa shape index (κ3) is 3.76. The van der Waals surface area contributed by atoms with Gasteiger partial charge in [0.1, 0.15) is 5.82 Å². The van der Waals surface area contributed by atoms with Crippen LogP contribution < -0.4 is 0 Å². The molecule has 6 heteroatoms. The third-order valence-electron chi connectivity index (χ3n) is 2.19. The minimum absolute atomic E-state index is 0.133. The Kier molecular flexibility index (Phi) is 5.54. The van der Waals surface area contributed by atoms with Crippen LogP contribution in [-0.2, 0) is 0 Å². The van der Waals surface area contributed by atoms with E-state index in [4.69, 9.17) is 10.2 Å². The molecule has 0 radical (unpaired) electrons. The number of nitrogens with zero attached hydrogens (tertiary/aromatic N) is 1. The number of hydrogen-bond acceptors (Lipinski definition) is 3. The average molecular weight is 306 g/mol. The molecule has 0 fully saturated rings. The molecule has 0 aliphatic carbocycles. The van der Waals surface area contributed by atoms with Crippen molar-refractivity contribution in [2.75, 3.05) is 26.3 Å². The Bertz CT molecular complexity index is 394. The van der Waals surface area contributed by atoms with Crippen LogP contribution >= 0.6 is 15.9 Å². The normalized spacial score (nSPS) is 10.4. The summed E-state index contributed by atoms with van der Waals surface area (Å²) in [7, 11) is 0. The van der Waals surface area contributed by atoms with E-state index in [0.717, 1.165) is 0 Å². The molecule has 0 heterocycles. The second-order valence-corrected chi connectivity index (χ2v) is 4.22. The minimum Gasteiger partial charge on any atom is -0.395 e. The molecule has 0 aliphatic rings. The van der Waals surface area contributed by atoms with Crippen LogP contribution in [0.2, 0.25) is 0 Å². The van der Waals surface area contributed by atoms with E-state index in [9.17, 15) is 9.18 Å². The van der Waals surface area contributed by atoms with Gasteiger partial charge in [-0.15, -0.1) is 0 Å². The van der Waals surface area contributed by atoms with Crippen molar-refractivity contribution < 1.29 is 19.4 Å². The number of carbonyl (C=O) groups is 1. The van der Waals surface area contributed by atoms with Crippen LogP contribution in [0.3, 0.4) is 0 Å². The van der Waals surface area contributed by atoms with Gasteiger partial charge in [0.15, 0.2) is 0 Å². The fourth-order valence-electron chi connectivity index (χ4n) is 1.37. The molecule has 1 aromatic carbocycles. The van der Waals surface area contributed by atoms with Gasteiger partial charge in [-0.3, -0.25) is 4.79 Å². The van der Waals surface area contributed by atoms with Gasteiger partial charge in [-0.1, -0.05) is 0 Å². The van der Waals surface area contributed by atoms with Crippen molar-refractivity contribution in [3.63, 3.8) is 0 Å². The third-order valence-corrected chi connectivity index (χ3v) is 2.80. The monoisotopic (exact) mass is 305 g/mol. The lowest BCUT2D eigenvalue weighted by Crippen LogP contribution is -2.35. The summed E-state index contributed by atoms with van der Waals surface area (Å²) in [5.41, 5.74) is 0.306. The summed E-state index contributed by atoms with van der Waals surface area (Å²) in [5.74, 6) is -0.800. The standard InChI is InChI=1S/C11H13BrFNO3/c12-9-7-8(1-2-10(9)13)11(17)14(3-5-15)4-6-16/h1-2,7,15-16H,3-6H2. The number of hydrogen-bond donors (Lipinski definition) is 2. The van der Waals surface area contributed by atoms with Crippen LogP contribution in [0, 0.1) is 5.82 Å². The summed E-state index contributed by atoms with van der Waals surface area (Å²) in [6.45, 7) is -0.106. The summed E-state index contributed by atoms with van der Waals surface area (Å²) in [6.07, 6.45) is 0. The first-order valence-electron chi connectivity index (χ1n) is 5.06. The number of carbonyl (C=O) groups excluding carboxylic acids is 1. The molecule has 2 N–H and O–H groups in total. The summed E-state index contributed by atoms with van der Waals surface area (Å²) >= 11 is 3.00. The van der Waals surface area contributed by atoms with Gasteiger partial charge in [0.2, 0.25) is 0 Å². The number of aliphatic hydroxyl groups excluding tert-OH is 2. The van der Waals surface area contributed by atoms with E-state index < -0.39 is 5.82 Å². The van der Waals surface area contributed by atoms with Gasteiger partial charge < -0.3 is 15.1 Å². The molecule has 0 bridgehead atoms. The lowest BCUT2D eigenvalue weighted by molar-refractivity contribution is 0.0684. The SMILES string of the molecule is O=C(c1ccc(F)c(Br)c1)N(CCO)CCO. The highest BCUT2D eigenvalue weighted by Gasteiger charge is 2.15. The molecule has 0 saturated heterocycles. The van der Waals surface area contributed by atoms with Crippen LogP contribution in [-0.4, -0.2) is 47.3 Å². The smallest absolute Gasteiger partial charge is 0.254 e. The molecule has 0 aromatic heterocycles. The Labute approximate surface area is 107 Å². The Morgan fingerprint density at radius 1 is 1.29 bits per heavy atom. The van der Waals surface area contributed by atoms with Gasteiger partial charge >= 0.3 is 0 Å². The lowest BCUT2D eigenvalue weighted by Gasteiger charge is -2.20. The Hall–Kier alpha value is -0.980. The number of halogens is 2. The molecule has 0 unspecified atom stereocenters. The average Bonchev–Trinajstić information content (AvgIpc) is 2.31. The zero-order valence-electron chi connectivity index (χ0n) is 9.07. The fraction of sp³-hybridized carbons (Fsp3) is 0.364. The van der Waals surface area contributed by atoms with E-state index in [1.165, 1.54) is 23.1 Å². The van der Waals surface area contributed by atoms with E-state index in [1.807, 2.05) is 0 Å². The molecule has 0 atom stereocenters. The largest absolute Gasteiger partial charge is 0.395 e. The van der Waals surface area contributed by atoms with Crippen molar-refractivity contribution in [2.45, 2.75) is 0 Å². The van der Waals surface area contributed by atoms with E-state index in [1.54, 1.807) is 0 Å². The number of benzene rings is 1. The predicted molar refractivity (Wildman–Crippen MR) is 64.2 cm³/mol. The predicted octanol–water partition coefficient (Wildman–Crippen LogP) is 1.01. The van der Waals surface area contributed by atoms with E-state index in [2.05, 4.69) is 15.9 Å². The second-order valence-electron chi connectivity index (χ2n) is 3.37. The Balaban J connectivity index is 2.88. The van der Waals surface area contributed by atoms with Crippen molar-refractivity contribution in [1.29, 1.82) is 0 Å². The summed E-state index contributed by atoms with van der Waals surface area (Å²) < 4.78 is 13.2. The van der Waals surface area contributed by atoms with Gasteiger partial charge in [0.25, 0.3) is 5.91 Å². The first-order valence-corrected chi connectivity index (χ1v) is 5.85. The van der Waals surface area contributed by atoms with Gasteiger partial charge in [0, 0.05) is 18.7 Å². The second kappa shape index (κ2) is 6.68. The van der Waals surface area contributed by atoms with Gasteiger partial charge in [0.05, 0.1) is 17.7 Å². The maximum Gasteiger partial charge on any atom is 0.254 e. The number of rotatable bonds is 5. The molecule has 1 rings (SSSR count). The molecule has 0 aliphatic heterocycles. The molecule has 94 valence electrons. The highest BCUT2D eigenvalue weighted by atomic mass is 79.9. The maximum absolute atomic E-state index is 13.0. The first-order chi connectivity index (χ1) is 8.10. The van der Waals surface area contributed by atoms with Crippen molar-refractivity contribution >= 4 is 21.8 Å². The maximum atomic E-state index is 13.0. The van der Waals surface area contributed by atoms with Crippen LogP contribution in [0.15, 0.2) is 22.7 Å². The zero-order chi connectivity index (χ0) is 12.8. The minimum atomic E-state index is -0.447. The summed E-state index contributed by atoms with van der Waals surface area (Å²) in [5, 5.41) is 17.6. The molecule has 1 amide bonds. The number of amides is 1. The molecular formula is C11H13BrFNO3. The highest BCUT2D eigenvalue weighted by molar-refractivity contribution is 9.10. The fourth-order valence-corrected chi connectivity index (χ4v) is 1.75. The Morgan fingerprint density at radius 2 is 1.88 bits per heavy atom. The van der Waals surface area contributed by atoms with Crippen molar-refractivity contribution in [3.05, 3.63) is 34.1 Å². The molecule has 0 saturated carbocycles. The highest BCUT2D eigenvalue weighted by Crippen LogP contribution is 2.17. The number of aliphatic hydroxyl groups is 2. The van der Waals surface area contributed by atoms with Crippen LogP contribution in [0.5, 0.6) is 0 Å². The molecular weight excluding hydrogens is 293 g/mol. The lowest BCUT2D eigenvalue weighted by atomic mass is 10.2. The van der Waals surface area contributed by atoms with E-state index in [-0.39, 0.29) is 36.7 Å². The van der Waals surface area contributed by atoms with Crippen molar-refractivity contribution in [2.24, 2.45) is 0 Å². The molecule has 17 heavy (non-hydrogen) atoms. The Morgan fingerprint density at radius 3 is 2.35 bits per heavy atom. The topological polar surface area (TPSA) is 60.8 Å². The zero-order valence-corrected chi connectivity index (χ0v) is 10.7. The van der Waals surface area contributed by atoms with Gasteiger partial charge in [-0.05, 0) is 34.1 Å². The van der Waals surface area contributed by atoms with Gasteiger partial charge in [-0.25, -0.2) is 4.39 Å². The summed E-state index contributed by atoms with van der Waals surface area (Å²) in [4.78, 5) is 13.3. The van der Waals surface area contributed by atoms with E-state index >= 15 is 0 Å². The van der Waals surface area contributed by atoms with Crippen LogP contribution in [0.4, 0.5) is 4.39 Å². The quantitative estimate of drug-likeness (QED) is 0.854. The first kappa shape index (κ1) is 14.1. The van der Waals surface area contributed by atoms with Crippen LogP contribution in [0.25, 0.3) is 0 Å². The van der Waals surface area contributed by atoms with E-state index in [0.29, 0.717) is 5.56 Å².